The van der Waals surface area contributed by atoms with Crippen molar-refractivity contribution in [2.24, 2.45) is 0 Å². The normalized spacial score (nSPS) is 12.4. The molecule has 0 aromatic heterocycles. The Morgan fingerprint density at radius 3 is 2.23 bits per heavy atom. The average molecular weight is 375 g/mol. The zero-order valence-electron chi connectivity index (χ0n) is 14.6. The summed E-state index contributed by atoms with van der Waals surface area (Å²) in [5.41, 5.74) is 1.54. The first-order valence-corrected chi connectivity index (χ1v) is 9.68. The summed E-state index contributed by atoms with van der Waals surface area (Å²) in [6.07, 6.45) is 0.864. The van der Waals surface area contributed by atoms with Gasteiger partial charge in [0, 0.05) is 5.56 Å². The molecule has 26 heavy (non-hydrogen) atoms. The second kappa shape index (κ2) is 8.73. The van der Waals surface area contributed by atoms with Gasteiger partial charge in [-0.3, -0.25) is 9.59 Å². The van der Waals surface area contributed by atoms with E-state index in [-0.39, 0.29) is 10.7 Å². The van der Waals surface area contributed by atoms with E-state index >= 15 is 0 Å². The van der Waals surface area contributed by atoms with Crippen LogP contribution < -0.4 is 4.72 Å². The quantitative estimate of drug-likeness (QED) is 0.565. The third-order valence-corrected chi connectivity index (χ3v) is 5.33. The predicted molar refractivity (Wildman–Crippen MR) is 97.3 cm³/mol. The average Bonchev–Trinajstić information content (AvgIpc) is 2.66. The lowest BCUT2D eigenvalue weighted by molar-refractivity contribution is -0.144. The van der Waals surface area contributed by atoms with E-state index in [2.05, 4.69) is 4.72 Å². The summed E-state index contributed by atoms with van der Waals surface area (Å²) in [6.45, 7) is 2.93. The molecule has 2 rings (SSSR count). The van der Waals surface area contributed by atoms with Gasteiger partial charge >= 0.3 is 5.97 Å². The molecule has 0 radical (unpaired) electrons. The van der Waals surface area contributed by atoms with Crippen LogP contribution in [0.3, 0.4) is 0 Å². The minimum absolute atomic E-state index is 0.0479. The maximum Gasteiger partial charge on any atom is 0.324 e. The molecule has 138 valence electrons. The highest BCUT2D eigenvalue weighted by Crippen LogP contribution is 2.09. The molecule has 2 aromatic rings. The maximum atomic E-state index is 12.2. The molecule has 1 atom stereocenters. The summed E-state index contributed by atoms with van der Waals surface area (Å²) in [7, 11) is -3.84. The van der Waals surface area contributed by atoms with Gasteiger partial charge in [0.05, 0.1) is 4.90 Å². The van der Waals surface area contributed by atoms with E-state index in [1.54, 1.807) is 30.3 Å². The van der Waals surface area contributed by atoms with E-state index in [1.807, 2.05) is 19.1 Å². The molecule has 0 fully saturated rings. The van der Waals surface area contributed by atoms with Gasteiger partial charge in [-0.2, -0.15) is 4.72 Å². The molecule has 0 aliphatic rings. The number of carbonyl (C=O) groups excluding carboxylic acids is 2. The Hall–Kier alpha value is -2.51. The maximum absolute atomic E-state index is 12.2. The molecule has 2 aromatic carbocycles. The highest BCUT2D eigenvalue weighted by atomic mass is 32.2. The van der Waals surface area contributed by atoms with Crippen LogP contribution in [-0.4, -0.2) is 32.8 Å². The van der Waals surface area contributed by atoms with Gasteiger partial charge in [-0.1, -0.05) is 49.4 Å². The number of ether oxygens (including phenoxy) is 1. The van der Waals surface area contributed by atoms with Crippen LogP contribution in [0.25, 0.3) is 0 Å². The van der Waals surface area contributed by atoms with Gasteiger partial charge in [0.15, 0.2) is 12.4 Å². The van der Waals surface area contributed by atoms with Crippen molar-refractivity contribution in [2.75, 3.05) is 6.61 Å². The fourth-order valence-electron chi connectivity index (χ4n) is 2.22. The number of hydrogen-bond acceptors (Lipinski definition) is 5. The Balaban J connectivity index is 1.91. The van der Waals surface area contributed by atoms with Crippen LogP contribution in [0.4, 0.5) is 0 Å². The molecule has 1 N–H and O–H groups in total. The monoisotopic (exact) mass is 375 g/mol. The fraction of sp³-hybridized carbons (Fsp3) is 0.263. The standard InChI is InChI=1S/C19H21NO5S/c1-3-15-9-11-16(12-10-15)18(21)13-25-19(22)14(2)20-26(23,24)17-7-5-4-6-8-17/h4-12,14,20H,3,13H2,1-2H3/t14-/m0/s1. The zero-order valence-corrected chi connectivity index (χ0v) is 15.5. The Kier molecular flexibility index (Phi) is 6.65. The minimum atomic E-state index is -3.84. The molecule has 6 nitrogen and oxygen atoms in total. The molecule has 0 saturated heterocycles. The smallest absolute Gasteiger partial charge is 0.324 e. The Morgan fingerprint density at radius 1 is 1.04 bits per heavy atom. The highest BCUT2D eigenvalue weighted by molar-refractivity contribution is 7.89. The van der Waals surface area contributed by atoms with Crippen molar-refractivity contribution in [3.05, 3.63) is 65.7 Å². The van der Waals surface area contributed by atoms with Gasteiger partial charge in [0.2, 0.25) is 10.0 Å². The molecular formula is C19H21NO5S. The van der Waals surface area contributed by atoms with E-state index < -0.39 is 28.6 Å². The Bertz CT molecular complexity index is 861. The number of rotatable bonds is 8. The fourth-order valence-corrected chi connectivity index (χ4v) is 3.43. The van der Waals surface area contributed by atoms with Gasteiger partial charge in [0.1, 0.15) is 6.04 Å². The zero-order chi connectivity index (χ0) is 19.2. The van der Waals surface area contributed by atoms with Crippen molar-refractivity contribution in [1.82, 2.24) is 4.72 Å². The van der Waals surface area contributed by atoms with Crippen molar-refractivity contribution >= 4 is 21.8 Å². The molecular weight excluding hydrogens is 354 g/mol. The summed E-state index contributed by atoms with van der Waals surface area (Å²) in [4.78, 5) is 24.1. The molecule has 0 bridgehead atoms. The van der Waals surface area contributed by atoms with Gasteiger partial charge in [-0.15, -0.1) is 0 Å². The highest BCUT2D eigenvalue weighted by Gasteiger charge is 2.23. The van der Waals surface area contributed by atoms with Gasteiger partial charge in [0.25, 0.3) is 0 Å². The van der Waals surface area contributed by atoms with Gasteiger partial charge in [-0.05, 0) is 31.0 Å². The number of nitrogens with one attached hydrogen (secondary N) is 1. The van der Waals surface area contributed by atoms with Crippen LogP contribution in [0, 0.1) is 0 Å². The van der Waals surface area contributed by atoms with Crippen molar-refractivity contribution < 1.29 is 22.7 Å². The minimum Gasteiger partial charge on any atom is -0.456 e. The van der Waals surface area contributed by atoms with E-state index in [1.165, 1.54) is 19.1 Å². The number of Topliss-reactive ketones (excluding diaryl/α,β-unsaturated/α-hetero) is 1. The summed E-state index contributed by atoms with van der Waals surface area (Å²) >= 11 is 0. The Labute approximate surface area is 153 Å². The molecule has 0 aliphatic carbocycles. The third kappa shape index (κ3) is 5.24. The second-order valence-corrected chi connectivity index (χ2v) is 7.45. The van der Waals surface area contributed by atoms with Gasteiger partial charge < -0.3 is 4.74 Å². The first kappa shape index (κ1) is 19.8. The molecule has 0 amide bonds. The molecule has 0 aliphatic heterocycles. The number of esters is 1. The first-order valence-electron chi connectivity index (χ1n) is 8.19. The SMILES string of the molecule is CCc1ccc(C(=O)COC(=O)[C@H](C)NS(=O)(=O)c2ccccc2)cc1. The first-order chi connectivity index (χ1) is 12.3. The lowest BCUT2D eigenvalue weighted by Gasteiger charge is -2.13. The number of hydrogen-bond donors (Lipinski definition) is 1. The van der Waals surface area contributed by atoms with E-state index in [9.17, 15) is 18.0 Å². The summed E-state index contributed by atoms with van der Waals surface area (Å²) in [5.74, 6) is -1.16. The molecule has 7 heteroatoms. The van der Waals surface area contributed by atoms with Crippen molar-refractivity contribution in [2.45, 2.75) is 31.2 Å². The van der Waals surface area contributed by atoms with Crippen LogP contribution in [0.2, 0.25) is 0 Å². The lowest BCUT2D eigenvalue weighted by Crippen LogP contribution is -2.40. The lowest BCUT2D eigenvalue weighted by atomic mass is 10.1. The predicted octanol–water partition coefficient (Wildman–Crippen LogP) is 2.34. The molecule has 0 unspecified atom stereocenters. The topological polar surface area (TPSA) is 89.5 Å². The molecule has 0 saturated carbocycles. The van der Waals surface area contributed by atoms with Crippen molar-refractivity contribution in [1.29, 1.82) is 0 Å². The van der Waals surface area contributed by atoms with Crippen LogP contribution in [-0.2, 0) is 26.0 Å². The van der Waals surface area contributed by atoms with Crippen LogP contribution >= 0.6 is 0 Å². The van der Waals surface area contributed by atoms with Crippen LogP contribution in [0.5, 0.6) is 0 Å². The van der Waals surface area contributed by atoms with Crippen molar-refractivity contribution in [3.8, 4) is 0 Å². The second-order valence-electron chi connectivity index (χ2n) is 5.74. The van der Waals surface area contributed by atoms with Crippen molar-refractivity contribution in [3.63, 3.8) is 0 Å². The summed E-state index contributed by atoms with van der Waals surface area (Å²) in [6, 6.07) is 13.6. The van der Waals surface area contributed by atoms with Crippen LogP contribution in [0.15, 0.2) is 59.5 Å². The number of aryl methyl sites for hydroxylation is 1. The number of sulfonamides is 1. The van der Waals surface area contributed by atoms with E-state index in [4.69, 9.17) is 4.74 Å². The largest absolute Gasteiger partial charge is 0.456 e. The van der Waals surface area contributed by atoms with Crippen LogP contribution in [0.1, 0.15) is 29.8 Å². The van der Waals surface area contributed by atoms with Gasteiger partial charge in [-0.25, -0.2) is 8.42 Å². The number of benzene rings is 2. The molecule has 0 spiro atoms. The number of carbonyl (C=O) groups is 2. The van der Waals surface area contributed by atoms with E-state index in [0.717, 1.165) is 12.0 Å². The van der Waals surface area contributed by atoms with E-state index in [0.29, 0.717) is 5.56 Å². The Morgan fingerprint density at radius 2 is 1.65 bits per heavy atom. The summed E-state index contributed by atoms with van der Waals surface area (Å²) < 4.78 is 31.5. The summed E-state index contributed by atoms with van der Waals surface area (Å²) in [5, 5.41) is 0. The molecule has 0 heterocycles. The third-order valence-electron chi connectivity index (χ3n) is 3.77. The number of ketones is 1.